The molecule has 110 valence electrons. The Morgan fingerprint density at radius 1 is 1.05 bits per heavy atom. The van der Waals surface area contributed by atoms with Crippen LogP contribution in [0.2, 0.25) is 0 Å². The third kappa shape index (κ3) is 3.18. The molecule has 2 fully saturated rings. The average Bonchev–Trinajstić information content (AvgIpc) is 3.45. The Bertz CT molecular complexity index is 570. The molecule has 0 amide bonds. The third-order valence-corrected chi connectivity index (χ3v) is 4.81. The van der Waals surface area contributed by atoms with Crippen molar-refractivity contribution in [2.24, 2.45) is 17.8 Å². The second-order valence-electron chi connectivity index (χ2n) is 6.56. The molecule has 0 saturated heterocycles. The van der Waals surface area contributed by atoms with E-state index in [1.54, 1.807) is 0 Å². The molecular weight excluding hydrogens is 258 g/mol. The Kier molecular flexibility index (Phi) is 3.52. The largest absolute Gasteiger partial charge is 0.311 e. The van der Waals surface area contributed by atoms with E-state index in [1.807, 2.05) is 29.1 Å². The molecule has 1 aromatic carbocycles. The minimum absolute atomic E-state index is 0.885. The first kappa shape index (κ1) is 13.1. The van der Waals surface area contributed by atoms with Crippen molar-refractivity contribution in [3.05, 3.63) is 48.3 Å². The van der Waals surface area contributed by atoms with Gasteiger partial charge in [0.2, 0.25) is 0 Å². The minimum atomic E-state index is 0.885. The monoisotopic (exact) mass is 281 g/mol. The zero-order valence-electron chi connectivity index (χ0n) is 12.4. The highest BCUT2D eigenvalue weighted by Gasteiger charge is 2.40. The number of hydrogen-bond donors (Lipinski definition) is 1. The standard InChI is InChI=1S/C18H23N3/c1-2-4-17(5-3-1)21-11-10-16(20-21)12-19-13-18(14-6-7-14)15-8-9-15/h1-5,10-11,14-15,18-19H,6-9,12-13H2. The molecule has 4 rings (SSSR count). The summed E-state index contributed by atoms with van der Waals surface area (Å²) < 4.78 is 1.95. The molecule has 2 aliphatic rings. The van der Waals surface area contributed by atoms with Crippen molar-refractivity contribution in [3.8, 4) is 5.69 Å². The van der Waals surface area contributed by atoms with Crippen LogP contribution in [0.4, 0.5) is 0 Å². The summed E-state index contributed by atoms with van der Waals surface area (Å²) >= 11 is 0. The van der Waals surface area contributed by atoms with Crippen molar-refractivity contribution in [2.75, 3.05) is 6.54 Å². The van der Waals surface area contributed by atoms with Crippen LogP contribution in [0.25, 0.3) is 5.69 Å². The zero-order valence-corrected chi connectivity index (χ0v) is 12.4. The minimum Gasteiger partial charge on any atom is -0.311 e. The first-order valence-electron chi connectivity index (χ1n) is 8.21. The van der Waals surface area contributed by atoms with Crippen LogP contribution in [-0.4, -0.2) is 16.3 Å². The lowest BCUT2D eigenvalue weighted by Gasteiger charge is -2.15. The quantitative estimate of drug-likeness (QED) is 0.843. The Hall–Kier alpha value is -1.61. The van der Waals surface area contributed by atoms with Crippen LogP contribution in [0.3, 0.4) is 0 Å². The van der Waals surface area contributed by atoms with Crippen molar-refractivity contribution in [1.29, 1.82) is 0 Å². The van der Waals surface area contributed by atoms with E-state index in [9.17, 15) is 0 Å². The summed E-state index contributed by atoms with van der Waals surface area (Å²) in [5.41, 5.74) is 2.25. The second kappa shape index (κ2) is 5.64. The van der Waals surface area contributed by atoms with Gasteiger partial charge in [0, 0.05) is 12.7 Å². The van der Waals surface area contributed by atoms with E-state index in [2.05, 4.69) is 28.6 Å². The van der Waals surface area contributed by atoms with Gasteiger partial charge in [-0.15, -0.1) is 0 Å². The van der Waals surface area contributed by atoms with E-state index in [-0.39, 0.29) is 0 Å². The van der Waals surface area contributed by atoms with E-state index in [1.165, 1.54) is 32.2 Å². The van der Waals surface area contributed by atoms with E-state index >= 15 is 0 Å². The molecule has 0 aliphatic heterocycles. The van der Waals surface area contributed by atoms with Crippen LogP contribution in [0.15, 0.2) is 42.6 Å². The maximum Gasteiger partial charge on any atom is 0.0766 e. The fourth-order valence-corrected chi connectivity index (χ4v) is 3.31. The van der Waals surface area contributed by atoms with Gasteiger partial charge in [0.05, 0.1) is 11.4 Å². The van der Waals surface area contributed by atoms with Crippen molar-refractivity contribution in [3.63, 3.8) is 0 Å². The summed E-state index contributed by atoms with van der Waals surface area (Å²) in [5, 5.41) is 8.29. The molecule has 0 unspecified atom stereocenters. The molecule has 3 heteroatoms. The van der Waals surface area contributed by atoms with Crippen molar-refractivity contribution in [1.82, 2.24) is 15.1 Å². The normalized spacial score (nSPS) is 18.3. The lowest BCUT2D eigenvalue weighted by atomic mass is 9.98. The summed E-state index contributed by atoms with van der Waals surface area (Å²) in [5.74, 6) is 2.97. The number of benzene rings is 1. The Labute approximate surface area is 126 Å². The predicted molar refractivity (Wildman–Crippen MR) is 84.2 cm³/mol. The summed E-state index contributed by atoms with van der Waals surface area (Å²) in [6, 6.07) is 12.4. The first-order valence-corrected chi connectivity index (χ1v) is 8.21. The fourth-order valence-electron chi connectivity index (χ4n) is 3.31. The van der Waals surface area contributed by atoms with E-state index in [0.717, 1.165) is 35.7 Å². The highest BCUT2D eigenvalue weighted by Crippen LogP contribution is 2.48. The van der Waals surface area contributed by atoms with Crippen LogP contribution in [0, 0.1) is 17.8 Å². The van der Waals surface area contributed by atoms with Crippen LogP contribution in [0.5, 0.6) is 0 Å². The van der Waals surface area contributed by atoms with E-state index in [0.29, 0.717) is 0 Å². The predicted octanol–water partition coefficient (Wildman–Crippen LogP) is 3.40. The molecule has 1 heterocycles. The zero-order chi connectivity index (χ0) is 14.1. The van der Waals surface area contributed by atoms with Gasteiger partial charge in [-0.1, -0.05) is 18.2 Å². The van der Waals surface area contributed by atoms with E-state index in [4.69, 9.17) is 0 Å². The Balaban J connectivity index is 1.32. The summed E-state index contributed by atoms with van der Waals surface area (Å²) in [6.45, 7) is 2.06. The van der Waals surface area contributed by atoms with Crippen LogP contribution < -0.4 is 5.32 Å². The number of rotatable bonds is 7. The lowest BCUT2D eigenvalue weighted by Crippen LogP contribution is -2.25. The third-order valence-electron chi connectivity index (χ3n) is 4.81. The summed E-state index contributed by atoms with van der Waals surface area (Å²) in [7, 11) is 0. The highest BCUT2D eigenvalue weighted by molar-refractivity contribution is 5.30. The van der Waals surface area contributed by atoms with Crippen molar-refractivity contribution in [2.45, 2.75) is 32.2 Å². The molecule has 3 nitrogen and oxygen atoms in total. The number of nitrogens with one attached hydrogen (secondary N) is 1. The summed E-state index contributed by atoms with van der Waals surface area (Å²) in [6.07, 6.45) is 7.90. The molecule has 0 spiro atoms. The Morgan fingerprint density at radius 2 is 1.76 bits per heavy atom. The molecule has 0 atom stereocenters. The number of aromatic nitrogens is 2. The molecule has 2 saturated carbocycles. The second-order valence-corrected chi connectivity index (χ2v) is 6.56. The maximum atomic E-state index is 4.65. The molecule has 0 bridgehead atoms. The van der Waals surface area contributed by atoms with Gasteiger partial charge in [0.15, 0.2) is 0 Å². The SMILES string of the molecule is c1ccc(-n2ccc(CNCC(C3CC3)C3CC3)n2)cc1. The number of nitrogens with zero attached hydrogens (tertiary/aromatic N) is 2. The van der Waals surface area contributed by atoms with Gasteiger partial charge in [-0.2, -0.15) is 5.10 Å². The molecule has 2 aromatic rings. The van der Waals surface area contributed by atoms with Crippen molar-refractivity contribution >= 4 is 0 Å². The van der Waals surface area contributed by atoms with Gasteiger partial charge in [-0.05, 0) is 68.2 Å². The summed E-state index contributed by atoms with van der Waals surface area (Å²) in [4.78, 5) is 0. The Morgan fingerprint density at radius 3 is 2.43 bits per heavy atom. The van der Waals surface area contributed by atoms with Gasteiger partial charge in [-0.3, -0.25) is 0 Å². The molecular formula is C18H23N3. The molecule has 1 aromatic heterocycles. The van der Waals surface area contributed by atoms with Gasteiger partial charge >= 0.3 is 0 Å². The fraction of sp³-hybridized carbons (Fsp3) is 0.500. The number of para-hydroxylation sites is 1. The van der Waals surface area contributed by atoms with Gasteiger partial charge in [0.1, 0.15) is 0 Å². The van der Waals surface area contributed by atoms with Gasteiger partial charge < -0.3 is 5.32 Å². The molecule has 2 aliphatic carbocycles. The highest BCUT2D eigenvalue weighted by atomic mass is 15.3. The average molecular weight is 281 g/mol. The topological polar surface area (TPSA) is 29.9 Å². The van der Waals surface area contributed by atoms with E-state index < -0.39 is 0 Å². The van der Waals surface area contributed by atoms with Gasteiger partial charge in [0.25, 0.3) is 0 Å². The molecule has 1 N–H and O–H groups in total. The molecule has 21 heavy (non-hydrogen) atoms. The van der Waals surface area contributed by atoms with Crippen LogP contribution in [0.1, 0.15) is 31.4 Å². The van der Waals surface area contributed by atoms with Crippen LogP contribution >= 0.6 is 0 Å². The van der Waals surface area contributed by atoms with Crippen LogP contribution in [-0.2, 0) is 6.54 Å². The lowest BCUT2D eigenvalue weighted by molar-refractivity contribution is 0.377. The number of hydrogen-bond acceptors (Lipinski definition) is 2. The molecule has 0 radical (unpaired) electrons. The smallest absolute Gasteiger partial charge is 0.0766 e. The maximum absolute atomic E-state index is 4.65. The van der Waals surface area contributed by atoms with Crippen molar-refractivity contribution < 1.29 is 0 Å². The first-order chi connectivity index (χ1) is 10.4. The van der Waals surface area contributed by atoms with Gasteiger partial charge in [-0.25, -0.2) is 4.68 Å².